The molecule has 0 bridgehead atoms. The summed E-state index contributed by atoms with van der Waals surface area (Å²) in [6, 6.07) is 17.2. The van der Waals surface area contributed by atoms with Crippen molar-refractivity contribution in [2.75, 3.05) is 23.3 Å². The molecule has 190 valence electrons. The molecule has 3 aromatic carbocycles. The lowest BCUT2D eigenvalue weighted by atomic mass is 10.2. The Morgan fingerprint density at radius 1 is 0.944 bits per heavy atom. The van der Waals surface area contributed by atoms with Crippen LogP contribution in [0, 0.1) is 6.92 Å². The minimum atomic E-state index is -3.86. The van der Waals surface area contributed by atoms with Crippen LogP contribution in [0.5, 0.6) is 5.75 Å². The molecule has 2 N–H and O–H groups in total. The smallest absolute Gasteiger partial charge is 0.338 e. The molecule has 0 aliphatic carbocycles. The van der Waals surface area contributed by atoms with E-state index in [-0.39, 0.29) is 22.3 Å². The van der Waals surface area contributed by atoms with Gasteiger partial charge in [-0.1, -0.05) is 42.6 Å². The van der Waals surface area contributed by atoms with Crippen LogP contribution in [-0.4, -0.2) is 33.5 Å². The number of carbonyl (C=O) groups excluding carboxylic acids is 2. The number of halogens is 1. The van der Waals surface area contributed by atoms with E-state index in [9.17, 15) is 18.0 Å². The molecule has 0 radical (unpaired) electrons. The Hall–Kier alpha value is -3.56. The second kappa shape index (κ2) is 12.4. The Labute approximate surface area is 215 Å². The first-order chi connectivity index (χ1) is 17.2. The summed E-state index contributed by atoms with van der Waals surface area (Å²) in [7, 11) is -3.86. The second-order valence-electron chi connectivity index (χ2n) is 7.97. The Morgan fingerprint density at radius 3 is 2.25 bits per heavy atom. The largest absolute Gasteiger partial charge is 0.482 e. The van der Waals surface area contributed by atoms with Crippen molar-refractivity contribution in [1.29, 1.82) is 0 Å². The number of anilines is 2. The summed E-state index contributed by atoms with van der Waals surface area (Å²) in [5, 5.41) is 2.69. The highest BCUT2D eigenvalue weighted by atomic mass is 35.5. The molecule has 1 amide bonds. The number of carbonyl (C=O) groups is 2. The predicted molar refractivity (Wildman–Crippen MR) is 139 cm³/mol. The van der Waals surface area contributed by atoms with Crippen molar-refractivity contribution in [2.45, 2.75) is 31.6 Å². The van der Waals surface area contributed by atoms with Crippen molar-refractivity contribution in [3.8, 4) is 5.75 Å². The van der Waals surface area contributed by atoms with Crippen LogP contribution in [0.25, 0.3) is 0 Å². The SMILES string of the molecule is CCCCOC(=O)c1ccc(NC(=O)COc2ccc(S(=O)(=O)Nc3ccc(C)cc3)cc2Cl)cc1. The highest BCUT2D eigenvalue weighted by molar-refractivity contribution is 7.92. The minimum Gasteiger partial charge on any atom is -0.482 e. The third-order valence-corrected chi connectivity index (χ3v) is 6.69. The number of nitrogens with one attached hydrogen (secondary N) is 2. The van der Waals surface area contributed by atoms with E-state index >= 15 is 0 Å². The number of amides is 1. The lowest BCUT2D eigenvalue weighted by molar-refractivity contribution is -0.118. The summed E-state index contributed by atoms with van der Waals surface area (Å²) in [5.74, 6) is -0.716. The normalized spacial score (nSPS) is 11.0. The molecule has 36 heavy (non-hydrogen) atoms. The van der Waals surface area contributed by atoms with E-state index < -0.39 is 21.9 Å². The van der Waals surface area contributed by atoms with Crippen LogP contribution in [0.1, 0.15) is 35.7 Å². The number of esters is 1. The van der Waals surface area contributed by atoms with Gasteiger partial charge in [-0.25, -0.2) is 13.2 Å². The number of unbranched alkanes of at least 4 members (excludes halogenated alkanes) is 1. The van der Waals surface area contributed by atoms with Gasteiger partial charge >= 0.3 is 5.97 Å². The molecule has 0 aliphatic rings. The molecule has 0 heterocycles. The van der Waals surface area contributed by atoms with Gasteiger partial charge < -0.3 is 14.8 Å². The molecule has 0 aliphatic heterocycles. The van der Waals surface area contributed by atoms with E-state index in [1.54, 1.807) is 48.5 Å². The van der Waals surface area contributed by atoms with Gasteiger partial charge in [0.25, 0.3) is 15.9 Å². The monoisotopic (exact) mass is 530 g/mol. The van der Waals surface area contributed by atoms with Gasteiger partial charge in [-0.15, -0.1) is 0 Å². The number of hydrogen-bond donors (Lipinski definition) is 2. The summed E-state index contributed by atoms with van der Waals surface area (Å²) in [6.07, 6.45) is 1.73. The molecule has 0 aromatic heterocycles. The maximum Gasteiger partial charge on any atom is 0.338 e. The third-order valence-electron chi connectivity index (χ3n) is 5.01. The summed E-state index contributed by atoms with van der Waals surface area (Å²) < 4.78 is 38.4. The fourth-order valence-electron chi connectivity index (χ4n) is 3.02. The molecule has 0 spiro atoms. The number of aryl methyl sites for hydroxylation is 1. The molecule has 3 aromatic rings. The molecule has 3 rings (SSSR count). The highest BCUT2D eigenvalue weighted by Gasteiger charge is 2.17. The fraction of sp³-hybridized carbons (Fsp3) is 0.231. The zero-order valence-corrected chi connectivity index (χ0v) is 21.5. The molecule has 0 saturated carbocycles. The van der Waals surface area contributed by atoms with E-state index in [1.807, 2.05) is 13.8 Å². The molecular formula is C26H27ClN2O6S. The third kappa shape index (κ3) is 7.73. The number of sulfonamides is 1. The molecule has 10 heteroatoms. The van der Waals surface area contributed by atoms with Crippen molar-refractivity contribution in [3.05, 3.63) is 82.9 Å². The van der Waals surface area contributed by atoms with Crippen LogP contribution >= 0.6 is 11.6 Å². The summed E-state index contributed by atoms with van der Waals surface area (Å²) in [6.45, 7) is 3.92. The van der Waals surface area contributed by atoms with Crippen molar-refractivity contribution < 1.29 is 27.5 Å². The molecule has 8 nitrogen and oxygen atoms in total. The molecule has 0 atom stereocenters. The van der Waals surface area contributed by atoms with E-state index in [2.05, 4.69) is 10.0 Å². The number of rotatable bonds is 11. The first-order valence-corrected chi connectivity index (χ1v) is 13.1. The average molecular weight is 531 g/mol. The Balaban J connectivity index is 1.54. The van der Waals surface area contributed by atoms with Gasteiger partial charge in [-0.2, -0.15) is 0 Å². The lowest BCUT2D eigenvalue weighted by Crippen LogP contribution is -2.20. The van der Waals surface area contributed by atoms with Gasteiger partial charge in [0.2, 0.25) is 0 Å². The Bertz CT molecular complexity index is 1310. The fourth-order valence-corrected chi connectivity index (χ4v) is 4.41. The number of hydrogen-bond acceptors (Lipinski definition) is 6. The van der Waals surface area contributed by atoms with Crippen molar-refractivity contribution >= 4 is 44.9 Å². The molecular weight excluding hydrogens is 504 g/mol. The van der Waals surface area contributed by atoms with Gasteiger partial charge in [0, 0.05) is 11.4 Å². The zero-order chi connectivity index (χ0) is 26.1. The van der Waals surface area contributed by atoms with Gasteiger partial charge in [-0.3, -0.25) is 9.52 Å². The van der Waals surface area contributed by atoms with Gasteiger partial charge in [0.15, 0.2) is 6.61 Å². The Morgan fingerprint density at radius 2 is 1.61 bits per heavy atom. The maximum absolute atomic E-state index is 12.6. The van der Waals surface area contributed by atoms with E-state index in [1.165, 1.54) is 18.2 Å². The summed E-state index contributed by atoms with van der Waals surface area (Å²) in [4.78, 5) is 24.2. The van der Waals surface area contributed by atoms with E-state index in [0.717, 1.165) is 18.4 Å². The van der Waals surface area contributed by atoms with Crippen molar-refractivity contribution in [1.82, 2.24) is 0 Å². The van der Waals surface area contributed by atoms with Gasteiger partial charge in [0.1, 0.15) is 5.75 Å². The first-order valence-electron chi connectivity index (χ1n) is 11.3. The number of ether oxygens (including phenoxy) is 2. The zero-order valence-electron chi connectivity index (χ0n) is 19.9. The quantitative estimate of drug-likeness (QED) is 0.253. The average Bonchev–Trinajstić information content (AvgIpc) is 2.85. The van der Waals surface area contributed by atoms with Crippen LogP contribution in [0.2, 0.25) is 5.02 Å². The van der Waals surface area contributed by atoms with Crippen LogP contribution in [0.4, 0.5) is 11.4 Å². The van der Waals surface area contributed by atoms with Crippen LogP contribution in [0.15, 0.2) is 71.6 Å². The second-order valence-corrected chi connectivity index (χ2v) is 10.1. The van der Waals surface area contributed by atoms with Crippen LogP contribution < -0.4 is 14.8 Å². The summed E-state index contributed by atoms with van der Waals surface area (Å²) in [5.41, 5.74) is 2.30. The highest BCUT2D eigenvalue weighted by Crippen LogP contribution is 2.28. The molecule has 0 unspecified atom stereocenters. The van der Waals surface area contributed by atoms with Crippen LogP contribution in [-0.2, 0) is 19.6 Å². The standard InChI is InChI=1S/C26H27ClN2O6S/c1-3-4-15-34-26(31)19-7-11-20(12-8-19)28-25(30)17-35-24-14-13-22(16-23(24)27)36(32,33)29-21-9-5-18(2)6-10-21/h5-14,16,29H,3-4,15,17H2,1-2H3,(H,28,30). The van der Waals surface area contributed by atoms with E-state index in [4.69, 9.17) is 21.1 Å². The van der Waals surface area contributed by atoms with Crippen molar-refractivity contribution in [3.63, 3.8) is 0 Å². The first kappa shape index (κ1) is 27.0. The predicted octanol–water partition coefficient (Wildman–Crippen LogP) is 5.42. The van der Waals surface area contributed by atoms with Gasteiger partial charge in [-0.05, 0) is 67.9 Å². The van der Waals surface area contributed by atoms with Gasteiger partial charge in [0.05, 0.1) is 22.1 Å². The Kier molecular flexibility index (Phi) is 9.32. The molecule has 0 saturated heterocycles. The summed E-state index contributed by atoms with van der Waals surface area (Å²) >= 11 is 6.20. The minimum absolute atomic E-state index is 0.0421. The topological polar surface area (TPSA) is 111 Å². The lowest BCUT2D eigenvalue weighted by Gasteiger charge is -2.12. The van der Waals surface area contributed by atoms with E-state index in [0.29, 0.717) is 23.5 Å². The molecule has 0 fully saturated rings. The maximum atomic E-state index is 12.6. The number of benzene rings is 3. The van der Waals surface area contributed by atoms with Crippen LogP contribution in [0.3, 0.4) is 0 Å². The van der Waals surface area contributed by atoms with Crippen molar-refractivity contribution in [2.24, 2.45) is 0 Å².